The molecule has 0 spiro atoms. The van der Waals surface area contributed by atoms with Crippen molar-refractivity contribution in [1.29, 1.82) is 0 Å². The fraction of sp³-hybridized carbons (Fsp3) is 0.267. The molecule has 2 aromatic heterocycles. The first kappa shape index (κ1) is 24.4. The molecular weight excluding hydrogens is 468 g/mol. The number of rotatable bonds is 8. The van der Waals surface area contributed by atoms with Crippen molar-refractivity contribution in [2.24, 2.45) is 5.92 Å². The molecule has 2 aromatic carbocycles. The lowest BCUT2D eigenvalue weighted by molar-refractivity contribution is 0.0661. The van der Waals surface area contributed by atoms with Gasteiger partial charge in [0.25, 0.3) is 11.8 Å². The lowest BCUT2D eigenvalue weighted by Crippen LogP contribution is -2.40. The standard InChI is InChI=1S/C30H30N2O5/c1-20(2)18-31-29(33)26-13-12-24(37-26)19-36-23-11-10-21-14-15-32(30(34)27-9-6-16-35-27)28(25(21)17-23)22-7-4-3-5-8-22/h3-13,16-17,20,28H,14-15,18-19H2,1-2H3,(H,31,33)/t28-/m1/s1. The second-order valence-corrected chi connectivity index (χ2v) is 9.56. The van der Waals surface area contributed by atoms with E-state index < -0.39 is 0 Å². The molecule has 190 valence electrons. The minimum absolute atomic E-state index is 0.144. The Balaban J connectivity index is 1.36. The van der Waals surface area contributed by atoms with Gasteiger partial charge in [0.2, 0.25) is 0 Å². The molecule has 7 nitrogen and oxygen atoms in total. The number of benzene rings is 2. The molecule has 3 heterocycles. The number of hydrogen-bond acceptors (Lipinski definition) is 5. The van der Waals surface area contributed by atoms with E-state index >= 15 is 0 Å². The molecule has 0 fully saturated rings. The van der Waals surface area contributed by atoms with Gasteiger partial charge in [0.15, 0.2) is 11.5 Å². The van der Waals surface area contributed by atoms with Crippen molar-refractivity contribution in [3.8, 4) is 5.75 Å². The fourth-order valence-electron chi connectivity index (χ4n) is 4.55. The highest BCUT2D eigenvalue weighted by molar-refractivity contribution is 5.92. The van der Waals surface area contributed by atoms with Crippen LogP contribution in [0.4, 0.5) is 0 Å². The van der Waals surface area contributed by atoms with Crippen molar-refractivity contribution >= 4 is 11.8 Å². The Labute approximate surface area is 216 Å². The summed E-state index contributed by atoms with van der Waals surface area (Å²) in [6.45, 7) is 5.42. The molecule has 0 saturated carbocycles. The summed E-state index contributed by atoms with van der Waals surface area (Å²) >= 11 is 0. The lowest BCUT2D eigenvalue weighted by Gasteiger charge is -2.37. The van der Waals surface area contributed by atoms with E-state index in [1.54, 1.807) is 24.3 Å². The first-order chi connectivity index (χ1) is 18.0. The molecule has 0 bridgehead atoms. The van der Waals surface area contributed by atoms with Crippen LogP contribution in [0.1, 0.15) is 63.4 Å². The Bertz CT molecular complexity index is 1360. The van der Waals surface area contributed by atoms with Gasteiger partial charge in [0, 0.05) is 13.1 Å². The Kier molecular flexibility index (Phi) is 7.12. The Hall–Kier alpha value is -4.26. The van der Waals surface area contributed by atoms with Crippen LogP contribution in [-0.2, 0) is 13.0 Å². The SMILES string of the molecule is CC(C)CNC(=O)c1ccc(COc2ccc3c(c2)[C@@H](c2ccccc2)N(C(=O)c2ccco2)CC3)o1. The van der Waals surface area contributed by atoms with Crippen LogP contribution in [-0.4, -0.2) is 29.8 Å². The molecule has 1 aliphatic heterocycles. The lowest BCUT2D eigenvalue weighted by atomic mass is 9.87. The number of hydrogen-bond donors (Lipinski definition) is 1. The van der Waals surface area contributed by atoms with E-state index in [1.807, 2.05) is 61.2 Å². The highest BCUT2D eigenvalue weighted by Gasteiger charge is 2.34. The van der Waals surface area contributed by atoms with Gasteiger partial charge >= 0.3 is 0 Å². The Morgan fingerprint density at radius 1 is 1.03 bits per heavy atom. The Morgan fingerprint density at radius 3 is 2.62 bits per heavy atom. The highest BCUT2D eigenvalue weighted by Crippen LogP contribution is 2.38. The zero-order valence-corrected chi connectivity index (χ0v) is 21.0. The minimum atomic E-state index is -0.272. The second kappa shape index (κ2) is 10.8. The van der Waals surface area contributed by atoms with Gasteiger partial charge in [-0.2, -0.15) is 0 Å². The summed E-state index contributed by atoms with van der Waals surface area (Å²) in [5.74, 6) is 1.78. The van der Waals surface area contributed by atoms with E-state index in [1.165, 1.54) is 11.8 Å². The summed E-state index contributed by atoms with van der Waals surface area (Å²) in [7, 11) is 0. The van der Waals surface area contributed by atoms with Gasteiger partial charge in [0.1, 0.15) is 18.1 Å². The molecule has 7 heteroatoms. The average molecular weight is 499 g/mol. The van der Waals surface area contributed by atoms with Crippen molar-refractivity contribution in [2.75, 3.05) is 13.1 Å². The molecule has 1 N–H and O–H groups in total. The molecule has 0 unspecified atom stereocenters. The van der Waals surface area contributed by atoms with E-state index in [0.717, 1.165) is 17.5 Å². The van der Waals surface area contributed by atoms with E-state index in [2.05, 4.69) is 11.4 Å². The third-order valence-electron chi connectivity index (χ3n) is 6.39. The third-order valence-corrected chi connectivity index (χ3v) is 6.39. The highest BCUT2D eigenvalue weighted by atomic mass is 16.5. The predicted molar refractivity (Wildman–Crippen MR) is 138 cm³/mol. The number of carbonyl (C=O) groups is 2. The smallest absolute Gasteiger partial charge is 0.290 e. The van der Waals surface area contributed by atoms with Gasteiger partial charge in [-0.05, 0) is 65.4 Å². The number of nitrogens with zero attached hydrogens (tertiary/aromatic N) is 1. The molecule has 0 saturated heterocycles. The Morgan fingerprint density at radius 2 is 1.86 bits per heavy atom. The van der Waals surface area contributed by atoms with Crippen LogP contribution in [0.5, 0.6) is 5.75 Å². The maximum Gasteiger partial charge on any atom is 0.290 e. The molecular formula is C30H30N2O5. The van der Waals surface area contributed by atoms with E-state index in [-0.39, 0.29) is 30.2 Å². The second-order valence-electron chi connectivity index (χ2n) is 9.56. The summed E-state index contributed by atoms with van der Waals surface area (Å²) in [4.78, 5) is 27.5. The number of amides is 2. The summed E-state index contributed by atoms with van der Waals surface area (Å²) in [5, 5.41) is 2.85. The van der Waals surface area contributed by atoms with Crippen molar-refractivity contribution < 1.29 is 23.2 Å². The van der Waals surface area contributed by atoms with Gasteiger partial charge in [-0.25, -0.2) is 0 Å². The first-order valence-electron chi connectivity index (χ1n) is 12.5. The van der Waals surface area contributed by atoms with Crippen LogP contribution in [0.15, 0.2) is 87.9 Å². The third kappa shape index (κ3) is 5.45. The number of ether oxygens (including phenoxy) is 1. The topological polar surface area (TPSA) is 84.9 Å². The van der Waals surface area contributed by atoms with Gasteiger partial charge in [-0.3, -0.25) is 9.59 Å². The van der Waals surface area contributed by atoms with Crippen LogP contribution in [0, 0.1) is 5.92 Å². The monoisotopic (exact) mass is 498 g/mol. The van der Waals surface area contributed by atoms with E-state index in [0.29, 0.717) is 36.3 Å². The molecule has 1 atom stereocenters. The first-order valence-corrected chi connectivity index (χ1v) is 12.5. The molecule has 5 rings (SSSR count). The van der Waals surface area contributed by atoms with Gasteiger partial charge in [-0.15, -0.1) is 0 Å². The maximum atomic E-state index is 13.3. The predicted octanol–water partition coefficient (Wildman–Crippen LogP) is 5.63. The zero-order chi connectivity index (χ0) is 25.8. The van der Waals surface area contributed by atoms with Crippen LogP contribution in [0.25, 0.3) is 0 Å². The van der Waals surface area contributed by atoms with Crippen molar-refractivity contribution in [1.82, 2.24) is 10.2 Å². The average Bonchev–Trinajstić information content (AvgIpc) is 3.63. The van der Waals surface area contributed by atoms with Gasteiger partial charge in [-0.1, -0.05) is 50.2 Å². The maximum absolute atomic E-state index is 13.3. The van der Waals surface area contributed by atoms with Gasteiger partial charge in [0.05, 0.1) is 12.3 Å². The van der Waals surface area contributed by atoms with Crippen molar-refractivity contribution in [3.63, 3.8) is 0 Å². The largest absolute Gasteiger partial charge is 0.486 e. The van der Waals surface area contributed by atoms with Crippen molar-refractivity contribution in [2.45, 2.75) is 32.9 Å². The zero-order valence-electron chi connectivity index (χ0n) is 21.0. The number of fused-ring (bicyclic) bond motifs is 1. The van der Waals surface area contributed by atoms with Crippen LogP contribution < -0.4 is 10.1 Å². The summed E-state index contributed by atoms with van der Waals surface area (Å²) in [6, 6.07) is 22.5. The quantitative estimate of drug-likeness (QED) is 0.341. The number of furan rings is 2. The normalized spacial score (nSPS) is 14.9. The van der Waals surface area contributed by atoms with Gasteiger partial charge < -0.3 is 23.8 Å². The van der Waals surface area contributed by atoms with Crippen LogP contribution >= 0.6 is 0 Å². The van der Waals surface area contributed by atoms with E-state index in [4.69, 9.17) is 13.6 Å². The summed E-state index contributed by atoms with van der Waals surface area (Å²) in [5.41, 5.74) is 3.21. The van der Waals surface area contributed by atoms with Crippen LogP contribution in [0.3, 0.4) is 0 Å². The summed E-state index contributed by atoms with van der Waals surface area (Å²) in [6.07, 6.45) is 2.25. The molecule has 0 radical (unpaired) electrons. The number of carbonyl (C=O) groups excluding carboxylic acids is 2. The van der Waals surface area contributed by atoms with Crippen molar-refractivity contribution in [3.05, 3.63) is 113 Å². The molecule has 0 aliphatic carbocycles. The minimum Gasteiger partial charge on any atom is -0.486 e. The molecule has 37 heavy (non-hydrogen) atoms. The molecule has 1 aliphatic rings. The molecule has 2 amide bonds. The van der Waals surface area contributed by atoms with Crippen LogP contribution in [0.2, 0.25) is 0 Å². The van der Waals surface area contributed by atoms with E-state index in [9.17, 15) is 9.59 Å². The fourth-order valence-corrected chi connectivity index (χ4v) is 4.55. The summed E-state index contributed by atoms with van der Waals surface area (Å²) < 4.78 is 17.2. The number of nitrogens with one attached hydrogen (secondary N) is 1. The molecule has 4 aromatic rings.